The second-order valence-electron chi connectivity index (χ2n) is 8.52. The van der Waals surface area contributed by atoms with Crippen molar-refractivity contribution < 1.29 is 9.63 Å². The van der Waals surface area contributed by atoms with Gasteiger partial charge in [0.1, 0.15) is 0 Å². The van der Waals surface area contributed by atoms with Crippen molar-refractivity contribution in [2.45, 2.75) is 65.1 Å². The summed E-state index contributed by atoms with van der Waals surface area (Å²) in [5.74, 6) is 0.835. The summed E-state index contributed by atoms with van der Waals surface area (Å²) in [6.45, 7) is 8.69. The van der Waals surface area contributed by atoms with Crippen molar-refractivity contribution in [2.75, 3.05) is 0 Å². The number of allylic oxidation sites excluding steroid dienone is 1. The molecule has 0 spiro atoms. The van der Waals surface area contributed by atoms with Gasteiger partial charge in [-0.05, 0) is 69.4 Å². The Morgan fingerprint density at radius 3 is 2.37 bits per heavy atom. The lowest BCUT2D eigenvalue weighted by Crippen LogP contribution is -2.36. The minimum atomic E-state index is -0.537. The molecule has 0 aromatic rings. The van der Waals surface area contributed by atoms with Crippen LogP contribution in [0.1, 0.15) is 53.4 Å². The molecule has 27 heavy (non-hydrogen) atoms. The molecule has 1 fully saturated rings. The van der Waals surface area contributed by atoms with Crippen molar-refractivity contribution in [1.82, 2.24) is 0 Å². The number of hydrogen-bond donors (Lipinski definition) is 1. The van der Waals surface area contributed by atoms with E-state index in [0.29, 0.717) is 5.92 Å². The van der Waals surface area contributed by atoms with Crippen LogP contribution in [0, 0.1) is 17.3 Å². The maximum absolute atomic E-state index is 11.5. The summed E-state index contributed by atoms with van der Waals surface area (Å²) in [5.41, 5.74) is 1.06. The van der Waals surface area contributed by atoms with Crippen molar-refractivity contribution in [3.63, 3.8) is 0 Å². The van der Waals surface area contributed by atoms with E-state index in [9.17, 15) is 5.11 Å². The standard InChI is InChI=1S/C15H36O2P10/c1-10-5-6-12-8-15(16,9-14(12,3)4)11(2)7-13(10)17-24(25(19)20)27(23-18)26(21)22/h5,11-13,16,23H,6-9,18-22H2,1-4H3/b10-5-. The van der Waals surface area contributed by atoms with E-state index in [1.54, 1.807) is 0 Å². The molecule has 0 heterocycles. The van der Waals surface area contributed by atoms with E-state index in [2.05, 4.69) is 78.4 Å². The minimum absolute atomic E-state index is 0.113. The minimum Gasteiger partial charge on any atom is -0.390 e. The normalized spacial score (nSPS) is 38.5. The topological polar surface area (TPSA) is 29.5 Å². The third-order valence-corrected chi connectivity index (χ3v) is 53.3. The summed E-state index contributed by atoms with van der Waals surface area (Å²) >= 11 is 0. The van der Waals surface area contributed by atoms with Crippen LogP contribution in [-0.4, -0.2) is 16.8 Å². The summed E-state index contributed by atoms with van der Waals surface area (Å²) in [6, 6.07) is 0. The van der Waals surface area contributed by atoms with Gasteiger partial charge in [0.2, 0.25) is 0 Å². The van der Waals surface area contributed by atoms with Gasteiger partial charge in [0.25, 0.3) is 0 Å². The highest BCUT2D eigenvalue weighted by Gasteiger charge is 2.51. The molecule has 2 rings (SSSR count). The van der Waals surface area contributed by atoms with E-state index >= 15 is 0 Å². The van der Waals surface area contributed by atoms with Crippen molar-refractivity contribution in [3.05, 3.63) is 11.6 Å². The molecule has 0 aromatic heterocycles. The Hall–Kier alpha value is 3.96. The maximum atomic E-state index is 11.5. The molecule has 1 N–H and O–H groups in total. The van der Waals surface area contributed by atoms with Gasteiger partial charge in [-0.3, -0.25) is 0 Å². The van der Waals surface area contributed by atoms with Crippen molar-refractivity contribution in [1.29, 1.82) is 0 Å². The lowest BCUT2D eigenvalue weighted by molar-refractivity contribution is -0.0256. The summed E-state index contributed by atoms with van der Waals surface area (Å²) in [7, 11) is 15.6. The molecule has 12 atom stereocenters. The number of hydrogen-bond acceptors (Lipinski definition) is 2. The first-order valence-electron chi connectivity index (χ1n) is 9.12. The molecule has 2 nitrogen and oxygen atoms in total. The lowest BCUT2D eigenvalue weighted by atomic mass is 9.77. The molecule has 0 aliphatic heterocycles. The van der Waals surface area contributed by atoms with Crippen LogP contribution in [-0.2, 0) is 4.52 Å². The SMILES string of the molecule is C/C1=C/CC2CC(O)(CC2(C)C)C(C)CC1OP(P(P)P)P(PP)P(P)P. The van der Waals surface area contributed by atoms with Crippen LogP contribution in [0.4, 0.5) is 0 Å². The van der Waals surface area contributed by atoms with Gasteiger partial charge in [-0.25, -0.2) is 0 Å². The Kier molecular flexibility index (Phi) is 11.5. The molecular formula is C15H36O2P10. The largest absolute Gasteiger partial charge is 0.390 e. The van der Waals surface area contributed by atoms with Gasteiger partial charge >= 0.3 is 0 Å². The zero-order valence-electron chi connectivity index (χ0n) is 16.7. The molecule has 2 aliphatic carbocycles. The first kappa shape index (κ1) is 27.2. The molecule has 2 aliphatic rings. The summed E-state index contributed by atoms with van der Waals surface area (Å²) in [6.07, 6.45) is 6.45. The smallest absolute Gasteiger partial charge is 0.0947 e. The Morgan fingerprint density at radius 2 is 1.85 bits per heavy atom. The van der Waals surface area contributed by atoms with E-state index in [1.165, 1.54) is 5.57 Å². The van der Waals surface area contributed by atoms with Crippen LogP contribution >= 0.6 is 81.1 Å². The van der Waals surface area contributed by atoms with Gasteiger partial charge in [-0.1, -0.05) is 34.8 Å². The van der Waals surface area contributed by atoms with Crippen LogP contribution in [0.15, 0.2) is 11.6 Å². The average molecular weight is 558 g/mol. The van der Waals surface area contributed by atoms with E-state index in [-0.39, 0.29) is 38.4 Å². The Balaban J connectivity index is 2.28. The Morgan fingerprint density at radius 1 is 1.22 bits per heavy atom. The summed E-state index contributed by atoms with van der Waals surface area (Å²) in [4.78, 5) is 0. The molecule has 0 radical (unpaired) electrons. The zero-order chi connectivity index (χ0) is 20.6. The van der Waals surface area contributed by atoms with Crippen molar-refractivity contribution >= 4 is 81.1 Å². The Labute approximate surface area is 184 Å². The molecule has 2 bridgehead atoms. The van der Waals surface area contributed by atoms with E-state index in [4.69, 9.17) is 4.52 Å². The molecule has 1 saturated carbocycles. The van der Waals surface area contributed by atoms with Crippen LogP contribution < -0.4 is 0 Å². The summed E-state index contributed by atoms with van der Waals surface area (Å²) in [5, 5.41) is 11.5. The lowest BCUT2D eigenvalue weighted by Gasteiger charge is -2.38. The fourth-order valence-electron chi connectivity index (χ4n) is 4.31. The maximum Gasteiger partial charge on any atom is 0.0947 e. The highest BCUT2D eigenvalue weighted by atomic mass is 33.1. The monoisotopic (exact) mass is 558 g/mol. The van der Waals surface area contributed by atoms with Crippen LogP contribution in [0.2, 0.25) is 0 Å². The number of rotatable bonds is 6. The van der Waals surface area contributed by atoms with Gasteiger partial charge < -0.3 is 9.63 Å². The molecule has 0 amide bonds. The van der Waals surface area contributed by atoms with Gasteiger partial charge in [0, 0.05) is 6.99 Å². The van der Waals surface area contributed by atoms with Crippen molar-refractivity contribution in [2.24, 2.45) is 17.3 Å². The highest BCUT2D eigenvalue weighted by Crippen LogP contribution is 3.09. The molecule has 12 unspecified atom stereocenters. The second-order valence-corrected chi connectivity index (χ2v) is 43.0. The third-order valence-electron chi connectivity index (χ3n) is 6.10. The Bertz CT molecular complexity index is 543. The predicted octanol–water partition coefficient (Wildman–Crippen LogP) is 9.05. The average Bonchev–Trinajstić information content (AvgIpc) is 2.81. The fourth-order valence-corrected chi connectivity index (χ4v) is 70.5. The van der Waals surface area contributed by atoms with E-state index in [1.807, 2.05) is 0 Å². The van der Waals surface area contributed by atoms with Gasteiger partial charge in [-0.15, -0.1) is 44.6 Å². The second kappa shape index (κ2) is 11.4. The third kappa shape index (κ3) is 6.97. The van der Waals surface area contributed by atoms with Gasteiger partial charge in [0.15, 0.2) is 0 Å². The molecule has 0 aromatic carbocycles. The van der Waals surface area contributed by atoms with E-state index < -0.39 is 13.1 Å². The van der Waals surface area contributed by atoms with Gasteiger partial charge in [-0.2, -0.15) is 0 Å². The molecule has 0 saturated heterocycles. The first-order valence-corrected chi connectivity index (χ1v) is 26.6. The van der Waals surface area contributed by atoms with Crippen molar-refractivity contribution in [3.8, 4) is 0 Å². The summed E-state index contributed by atoms with van der Waals surface area (Å²) < 4.78 is 6.93. The zero-order valence-corrected chi connectivity index (χ0v) is 27.0. The van der Waals surface area contributed by atoms with E-state index in [0.717, 1.165) is 33.6 Å². The van der Waals surface area contributed by atoms with Crippen LogP contribution in [0.5, 0.6) is 0 Å². The molecule has 158 valence electrons. The number of aliphatic hydroxyl groups is 1. The van der Waals surface area contributed by atoms with Gasteiger partial charge in [0.05, 0.1) is 19.2 Å². The highest BCUT2D eigenvalue weighted by molar-refractivity contribution is 9.10. The first-order chi connectivity index (χ1) is 12.4. The van der Waals surface area contributed by atoms with Crippen LogP contribution in [0.25, 0.3) is 0 Å². The molecular weight excluding hydrogens is 522 g/mol. The van der Waals surface area contributed by atoms with Crippen LogP contribution in [0.3, 0.4) is 0 Å². The fraction of sp³-hybridized carbons (Fsp3) is 0.867. The molecule has 12 heteroatoms. The quantitative estimate of drug-likeness (QED) is 0.261. The predicted molar refractivity (Wildman–Crippen MR) is 153 cm³/mol. The number of fused-ring (bicyclic) bond motifs is 2.